The Morgan fingerprint density at radius 2 is 2.03 bits per heavy atom. The van der Waals surface area contributed by atoms with Crippen LogP contribution in [-0.2, 0) is 16.1 Å². The number of ether oxygens (including phenoxy) is 1. The van der Waals surface area contributed by atoms with Gasteiger partial charge in [-0.15, -0.1) is 0 Å². The average molecular weight is 486 g/mol. The van der Waals surface area contributed by atoms with E-state index in [0.29, 0.717) is 55.0 Å². The van der Waals surface area contributed by atoms with Crippen LogP contribution in [0, 0.1) is 10.1 Å². The molecule has 2 aromatic heterocycles. The summed E-state index contributed by atoms with van der Waals surface area (Å²) in [5.41, 5.74) is 1.39. The molecule has 0 saturated heterocycles. The molecule has 1 amide bonds. The maximum atomic E-state index is 12.2. The number of nitrogens with zero attached hydrogens (tertiary/aromatic N) is 5. The van der Waals surface area contributed by atoms with Crippen LogP contribution in [0.3, 0.4) is 0 Å². The fraction of sp³-hybridized carbons (Fsp3) is 0.364. The van der Waals surface area contributed by atoms with Gasteiger partial charge < -0.3 is 15.4 Å². The summed E-state index contributed by atoms with van der Waals surface area (Å²) in [5, 5.41) is 22.7. The van der Waals surface area contributed by atoms with Gasteiger partial charge in [0.25, 0.3) is 5.69 Å². The molecule has 0 radical (unpaired) electrons. The third kappa shape index (κ3) is 6.99. The van der Waals surface area contributed by atoms with E-state index in [1.54, 1.807) is 40.8 Å². The minimum atomic E-state index is -0.464. The van der Waals surface area contributed by atoms with Gasteiger partial charge in [0.2, 0.25) is 5.91 Å². The monoisotopic (exact) mass is 485 g/mol. The van der Waals surface area contributed by atoms with Gasteiger partial charge in [0, 0.05) is 37.9 Å². The molecular weight excluding hydrogens is 458 g/mol. The number of nitro groups is 1. The first-order valence-electron chi connectivity index (χ1n) is 10.9. The van der Waals surface area contributed by atoms with E-state index in [1.165, 1.54) is 18.2 Å². The number of hydrogen-bond acceptors (Lipinski definition) is 9. The summed E-state index contributed by atoms with van der Waals surface area (Å²) in [7, 11) is 0. The van der Waals surface area contributed by atoms with Crippen LogP contribution < -0.4 is 10.6 Å². The van der Waals surface area contributed by atoms with E-state index in [9.17, 15) is 14.9 Å². The molecule has 0 saturated carbocycles. The van der Waals surface area contributed by atoms with Crippen molar-refractivity contribution in [1.82, 2.24) is 25.1 Å². The Kier molecular flexibility index (Phi) is 9.35. The molecule has 0 aliphatic carbocycles. The van der Waals surface area contributed by atoms with Crippen LogP contribution in [0.25, 0.3) is 17.1 Å². The molecule has 12 heteroatoms. The van der Waals surface area contributed by atoms with Crippen molar-refractivity contribution in [2.45, 2.75) is 25.5 Å². The zero-order chi connectivity index (χ0) is 24.3. The molecule has 3 aromatic rings. The average Bonchev–Trinajstić information content (AvgIpc) is 3.24. The largest absolute Gasteiger partial charge is 0.380 e. The summed E-state index contributed by atoms with van der Waals surface area (Å²) in [6.07, 6.45) is 4.71. The van der Waals surface area contributed by atoms with Gasteiger partial charge in [-0.25, -0.2) is 14.6 Å². The van der Waals surface area contributed by atoms with Crippen LogP contribution in [0.1, 0.15) is 19.4 Å². The summed E-state index contributed by atoms with van der Waals surface area (Å²) in [6, 6.07) is 5.97. The van der Waals surface area contributed by atoms with E-state index in [4.69, 9.17) is 4.74 Å². The number of carbonyl (C=O) groups is 1. The van der Waals surface area contributed by atoms with E-state index in [-0.39, 0.29) is 11.6 Å². The predicted molar refractivity (Wildman–Crippen MR) is 132 cm³/mol. The van der Waals surface area contributed by atoms with Crippen LogP contribution in [-0.4, -0.2) is 62.6 Å². The highest BCUT2D eigenvalue weighted by Gasteiger charge is 2.13. The van der Waals surface area contributed by atoms with Crippen LogP contribution in [0.4, 0.5) is 11.5 Å². The van der Waals surface area contributed by atoms with Crippen molar-refractivity contribution < 1.29 is 14.5 Å². The molecule has 180 valence electrons. The fourth-order valence-electron chi connectivity index (χ4n) is 3.04. The molecule has 11 nitrogen and oxygen atoms in total. The van der Waals surface area contributed by atoms with Crippen LogP contribution in [0.2, 0.25) is 0 Å². The van der Waals surface area contributed by atoms with E-state index in [0.717, 1.165) is 11.1 Å². The first kappa shape index (κ1) is 25.1. The van der Waals surface area contributed by atoms with Gasteiger partial charge >= 0.3 is 0 Å². The zero-order valence-corrected chi connectivity index (χ0v) is 19.9. The molecule has 2 N–H and O–H groups in total. The third-order valence-corrected chi connectivity index (χ3v) is 5.38. The summed E-state index contributed by atoms with van der Waals surface area (Å²) in [4.78, 5) is 31.6. The Bertz CT molecular complexity index is 1150. The number of anilines is 1. The normalized spacial score (nSPS) is 11.2. The molecule has 0 fully saturated rings. The SMILES string of the molecule is CCOCCNc1nc(SCC)nc2c1cnn2CCNC(=O)/C=C\c1ccc([N+](=O)[O-])cc1. The number of aromatic nitrogens is 4. The topological polar surface area (TPSA) is 137 Å². The smallest absolute Gasteiger partial charge is 0.269 e. The van der Waals surface area contributed by atoms with Crippen molar-refractivity contribution in [1.29, 1.82) is 0 Å². The second-order valence-electron chi connectivity index (χ2n) is 6.99. The van der Waals surface area contributed by atoms with Crippen molar-refractivity contribution >= 4 is 46.3 Å². The second-order valence-corrected chi connectivity index (χ2v) is 8.22. The van der Waals surface area contributed by atoms with Gasteiger partial charge in [-0.3, -0.25) is 14.9 Å². The van der Waals surface area contributed by atoms with Gasteiger partial charge in [-0.2, -0.15) is 5.10 Å². The number of rotatable bonds is 13. The number of fused-ring (bicyclic) bond motifs is 1. The van der Waals surface area contributed by atoms with Crippen LogP contribution in [0.15, 0.2) is 41.7 Å². The number of nitro benzene ring substituents is 1. The van der Waals surface area contributed by atoms with Gasteiger partial charge in [-0.05, 0) is 36.4 Å². The molecule has 34 heavy (non-hydrogen) atoms. The highest BCUT2D eigenvalue weighted by Crippen LogP contribution is 2.24. The van der Waals surface area contributed by atoms with Crippen molar-refractivity contribution in [3.05, 3.63) is 52.2 Å². The van der Waals surface area contributed by atoms with E-state index in [2.05, 4.69) is 25.7 Å². The zero-order valence-electron chi connectivity index (χ0n) is 19.1. The Labute approximate surface area is 201 Å². The van der Waals surface area contributed by atoms with Crippen molar-refractivity contribution in [2.75, 3.05) is 37.4 Å². The van der Waals surface area contributed by atoms with Crippen molar-refractivity contribution in [2.24, 2.45) is 0 Å². The summed E-state index contributed by atoms with van der Waals surface area (Å²) < 4.78 is 7.12. The number of hydrogen-bond donors (Lipinski definition) is 2. The van der Waals surface area contributed by atoms with E-state index in [1.807, 2.05) is 13.8 Å². The first-order valence-corrected chi connectivity index (χ1v) is 11.9. The van der Waals surface area contributed by atoms with Crippen LogP contribution in [0.5, 0.6) is 0 Å². The Hall–Kier alpha value is -3.51. The summed E-state index contributed by atoms with van der Waals surface area (Å²) in [5.74, 6) is 1.28. The lowest BCUT2D eigenvalue weighted by molar-refractivity contribution is -0.384. The van der Waals surface area contributed by atoms with E-state index < -0.39 is 4.92 Å². The Balaban J connectivity index is 1.61. The molecule has 0 spiro atoms. The second kappa shape index (κ2) is 12.7. The Morgan fingerprint density at radius 1 is 1.24 bits per heavy atom. The highest BCUT2D eigenvalue weighted by molar-refractivity contribution is 7.99. The quantitative estimate of drug-likeness (QED) is 0.0934. The number of thioether (sulfide) groups is 1. The molecule has 0 aliphatic rings. The van der Waals surface area contributed by atoms with Crippen molar-refractivity contribution in [3.8, 4) is 0 Å². The highest BCUT2D eigenvalue weighted by atomic mass is 32.2. The minimum Gasteiger partial charge on any atom is -0.380 e. The maximum absolute atomic E-state index is 12.2. The van der Waals surface area contributed by atoms with Gasteiger partial charge in [0.05, 0.1) is 29.7 Å². The fourth-order valence-corrected chi connectivity index (χ4v) is 3.60. The lowest BCUT2D eigenvalue weighted by Gasteiger charge is -2.09. The van der Waals surface area contributed by atoms with Gasteiger partial charge in [-0.1, -0.05) is 18.7 Å². The standard InChI is InChI=1S/C22H27N7O4S/c1-3-33-14-12-24-20-18-15-25-28(21(18)27-22(26-20)34-4-2)13-11-23-19(30)10-7-16-5-8-17(9-6-16)29(31)32/h5-10,15H,3-4,11-14H2,1-2H3,(H,23,30)(H,24,26,27)/b10-7-. The van der Waals surface area contributed by atoms with Gasteiger partial charge in [0.15, 0.2) is 10.8 Å². The molecule has 3 rings (SSSR count). The molecule has 0 atom stereocenters. The number of non-ortho nitro benzene ring substituents is 1. The molecule has 0 unspecified atom stereocenters. The maximum Gasteiger partial charge on any atom is 0.269 e. The molecular formula is C22H27N7O4S. The predicted octanol–water partition coefficient (Wildman–Crippen LogP) is 3.12. The van der Waals surface area contributed by atoms with Gasteiger partial charge in [0.1, 0.15) is 5.82 Å². The number of carbonyl (C=O) groups excluding carboxylic acids is 1. The lowest BCUT2D eigenvalue weighted by Crippen LogP contribution is -2.25. The summed E-state index contributed by atoms with van der Waals surface area (Å²) >= 11 is 1.54. The molecule has 1 aromatic carbocycles. The summed E-state index contributed by atoms with van der Waals surface area (Å²) in [6.45, 7) is 6.64. The van der Waals surface area contributed by atoms with Crippen molar-refractivity contribution in [3.63, 3.8) is 0 Å². The molecule has 2 heterocycles. The van der Waals surface area contributed by atoms with Crippen LogP contribution >= 0.6 is 11.8 Å². The number of benzene rings is 1. The number of nitrogens with one attached hydrogen (secondary N) is 2. The lowest BCUT2D eigenvalue weighted by atomic mass is 10.2. The van der Waals surface area contributed by atoms with E-state index >= 15 is 0 Å². The minimum absolute atomic E-state index is 0.00463. The Morgan fingerprint density at radius 3 is 2.74 bits per heavy atom. The first-order chi connectivity index (χ1) is 16.5. The molecule has 0 aliphatic heterocycles. The molecule has 0 bridgehead atoms. The third-order valence-electron chi connectivity index (χ3n) is 4.65. The number of amides is 1.